The molecular formula is C16H22N4. The number of aromatic nitrogens is 2. The third-order valence-corrected chi connectivity index (χ3v) is 3.14. The predicted molar refractivity (Wildman–Crippen MR) is 84.6 cm³/mol. The van der Waals surface area contributed by atoms with Gasteiger partial charge in [0.2, 0.25) is 5.95 Å². The van der Waals surface area contributed by atoms with Gasteiger partial charge in [-0.25, -0.2) is 4.98 Å². The first-order valence-corrected chi connectivity index (χ1v) is 7.02. The summed E-state index contributed by atoms with van der Waals surface area (Å²) in [6.45, 7) is 8.34. The molecule has 1 heterocycles. The average molecular weight is 270 g/mol. The molecule has 1 atom stereocenters. The van der Waals surface area contributed by atoms with Gasteiger partial charge in [-0.1, -0.05) is 19.1 Å². The van der Waals surface area contributed by atoms with Crippen molar-refractivity contribution in [2.75, 3.05) is 10.6 Å². The summed E-state index contributed by atoms with van der Waals surface area (Å²) in [6.07, 6.45) is 1.06. The van der Waals surface area contributed by atoms with Crippen molar-refractivity contribution in [1.29, 1.82) is 0 Å². The molecule has 4 heteroatoms. The minimum Gasteiger partial charge on any atom is -0.367 e. The van der Waals surface area contributed by atoms with E-state index in [4.69, 9.17) is 0 Å². The average Bonchev–Trinajstić information content (AvgIpc) is 2.37. The number of nitrogens with one attached hydrogen (secondary N) is 2. The van der Waals surface area contributed by atoms with Crippen LogP contribution in [0.15, 0.2) is 30.3 Å². The number of rotatable bonds is 5. The maximum atomic E-state index is 4.51. The minimum atomic E-state index is 0.399. The van der Waals surface area contributed by atoms with E-state index in [2.05, 4.69) is 53.5 Å². The Bertz CT molecular complexity index is 580. The van der Waals surface area contributed by atoms with Crippen LogP contribution in [0.4, 0.5) is 17.5 Å². The molecule has 0 bridgehead atoms. The van der Waals surface area contributed by atoms with Crippen LogP contribution in [0, 0.1) is 13.8 Å². The molecule has 1 aromatic carbocycles. The number of anilines is 3. The van der Waals surface area contributed by atoms with Gasteiger partial charge in [-0.2, -0.15) is 4.98 Å². The van der Waals surface area contributed by atoms with Crippen LogP contribution in [0.2, 0.25) is 0 Å². The van der Waals surface area contributed by atoms with Gasteiger partial charge >= 0.3 is 0 Å². The van der Waals surface area contributed by atoms with Crippen molar-refractivity contribution in [2.45, 2.75) is 40.2 Å². The second-order valence-corrected chi connectivity index (χ2v) is 5.17. The fraction of sp³-hybridized carbons (Fsp3) is 0.375. The molecule has 1 aromatic heterocycles. The molecule has 2 rings (SSSR count). The quantitative estimate of drug-likeness (QED) is 0.860. The van der Waals surface area contributed by atoms with E-state index >= 15 is 0 Å². The Labute approximate surface area is 120 Å². The van der Waals surface area contributed by atoms with E-state index in [0.717, 1.165) is 23.6 Å². The Morgan fingerprint density at radius 3 is 2.65 bits per heavy atom. The monoisotopic (exact) mass is 270 g/mol. The lowest BCUT2D eigenvalue weighted by Gasteiger charge is -2.14. The molecule has 4 nitrogen and oxygen atoms in total. The highest BCUT2D eigenvalue weighted by atomic mass is 15.1. The van der Waals surface area contributed by atoms with Gasteiger partial charge in [-0.3, -0.25) is 0 Å². The fourth-order valence-electron chi connectivity index (χ4n) is 1.90. The first-order valence-electron chi connectivity index (χ1n) is 7.02. The van der Waals surface area contributed by atoms with Crippen LogP contribution in [0.25, 0.3) is 0 Å². The largest absolute Gasteiger partial charge is 0.367 e. The lowest BCUT2D eigenvalue weighted by molar-refractivity contribution is 0.758. The summed E-state index contributed by atoms with van der Waals surface area (Å²) in [4.78, 5) is 8.94. The van der Waals surface area contributed by atoms with Crippen LogP contribution in [-0.4, -0.2) is 16.0 Å². The highest BCUT2D eigenvalue weighted by molar-refractivity contribution is 5.56. The maximum Gasteiger partial charge on any atom is 0.229 e. The molecule has 0 amide bonds. The number of benzene rings is 1. The lowest BCUT2D eigenvalue weighted by Crippen LogP contribution is -2.15. The number of hydrogen-bond donors (Lipinski definition) is 2. The van der Waals surface area contributed by atoms with Crippen LogP contribution < -0.4 is 10.6 Å². The molecule has 1 unspecified atom stereocenters. The van der Waals surface area contributed by atoms with Gasteiger partial charge in [0, 0.05) is 23.5 Å². The Morgan fingerprint density at radius 1 is 1.15 bits per heavy atom. The molecule has 106 valence electrons. The van der Waals surface area contributed by atoms with Crippen molar-refractivity contribution in [1.82, 2.24) is 9.97 Å². The van der Waals surface area contributed by atoms with Gasteiger partial charge in [0.25, 0.3) is 0 Å². The van der Waals surface area contributed by atoms with Crippen molar-refractivity contribution < 1.29 is 0 Å². The Hall–Kier alpha value is -2.10. The summed E-state index contributed by atoms with van der Waals surface area (Å²) in [7, 11) is 0. The number of nitrogens with zero attached hydrogens (tertiary/aromatic N) is 2. The number of aryl methyl sites for hydroxylation is 2. The Morgan fingerprint density at radius 2 is 1.95 bits per heavy atom. The molecular weight excluding hydrogens is 248 g/mol. The highest BCUT2D eigenvalue weighted by Gasteiger charge is 2.05. The summed E-state index contributed by atoms with van der Waals surface area (Å²) in [6, 6.07) is 10.5. The standard InChI is InChI=1S/C16H22N4/c1-5-12(3)17-15-10-13(4)18-16(20-15)19-14-8-6-7-11(2)9-14/h6-10,12H,5H2,1-4H3,(H2,17,18,19,20). The first-order chi connectivity index (χ1) is 9.56. The minimum absolute atomic E-state index is 0.399. The second-order valence-electron chi connectivity index (χ2n) is 5.17. The van der Waals surface area contributed by atoms with Crippen molar-refractivity contribution in [3.63, 3.8) is 0 Å². The van der Waals surface area contributed by atoms with Crippen molar-refractivity contribution in [3.05, 3.63) is 41.6 Å². The molecule has 2 aromatic rings. The second kappa shape index (κ2) is 6.37. The van der Waals surface area contributed by atoms with E-state index in [0.29, 0.717) is 12.0 Å². The summed E-state index contributed by atoms with van der Waals surface area (Å²) in [5.41, 5.74) is 3.16. The fourth-order valence-corrected chi connectivity index (χ4v) is 1.90. The van der Waals surface area contributed by atoms with Crippen LogP contribution in [0.1, 0.15) is 31.5 Å². The normalized spacial score (nSPS) is 12.0. The van der Waals surface area contributed by atoms with E-state index in [1.54, 1.807) is 0 Å². The zero-order valence-corrected chi connectivity index (χ0v) is 12.6. The van der Waals surface area contributed by atoms with Gasteiger partial charge in [0.15, 0.2) is 0 Å². The maximum absolute atomic E-state index is 4.51. The topological polar surface area (TPSA) is 49.8 Å². The van der Waals surface area contributed by atoms with Gasteiger partial charge in [0.05, 0.1) is 0 Å². The summed E-state index contributed by atoms with van der Waals surface area (Å²) >= 11 is 0. The zero-order valence-electron chi connectivity index (χ0n) is 12.6. The van der Waals surface area contributed by atoms with Gasteiger partial charge in [-0.15, -0.1) is 0 Å². The molecule has 0 spiro atoms. The zero-order chi connectivity index (χ0) is 14.5. The molecule has 0 saturated carbocycles. The van der Waals surface area contributed by atoms with Gasteiger partial charge in [-0.05, 0) is 44.9 Å². The van der Waals surface area contributed by atoms with Crippen LogP contribution in [-0.2, 0) is 0 Å². The van der Waals surface area contributed by atoms with Crippen LogP contribution >= 0.6 is 0 Å². The molecule has 0 aliphatic carbocycles. The van der Waals surface area contributed by atoms with E-state index in [1.165, 1.54) is 5.56 Å². The SMILES string of the molecule is CCC(C)Nc1cc(C)nc(Nc2cccc(C)c2)n1. The molecule has 0 saturated heterocycles. The third kappa shape index (κ3) is 3.95. The first kappa shape index (κ1) is 14.3. The summed E-state index contributed by atoms with van der Waals surface area (Å²) in [5, 5.41) is 6.63. The van der Waals surface area contributed by atoms with Crippen molar-refractivity contribution in [3.8, 4) is 0 Å². The van der Waals surface area contributed by atoms with Crippen molar-refractivity contribution >= 4 is 17.5 Å². The molecule has 0 aliphatic rings. The van der Waals surface area contributed by atoms with E-state index in [9.17, 15) is 0 Å². The van der Waals surface area contributed by atoms with E-state index < -0.39 is 0 Å². The predicted octanol–water partition coefficient (Wildman–Crippen LogP) is 4.05. The van der Waals surface area contributed by atoms with Crippen LogP contribution in [0.5, 0.6) is 0 Å². The van der Waals surface area contributed by atoms with E-state index in [-0.39, 0.29) is 0 Å². The summed E-state index contributed by atoms with van der Waals surface area (Å²) in [5.74, 6) is 1.49. The molecule has 20 heavy (non-hydrogen) atoms. The van der Waals surface area contributed by atoms with Crippen LogP contribution in [0.3, 0.4) is 0 Å². The molecule has 0 aliphatic heterocycles. The molecule has 0 fully saturated rings. The summed E-state index contributed by atoms with van der Waals surface area (Å²) < 4.78 is 0. The third-order valence-electron chi connectivity index (χ3n) is 3.14. The lowest BCUT2D eigenvalue weighted by atomic mass is 10.2. The Balaban J connectivity index is 2.19. The molecule has 2 N–H and O–H groups in total. The smallest absolute Gasteiger partial charge is 0.229 e. The Kier molecular flexibility index (Phi) is 4.56. The highest BCUT2D eigenvalue weighted by Crippen LogP contribution is 2.17. The van der Waals surface area contributed by atoms with Gasteiger partial charge < -0.3 is 10.6 Å². The van der Waals surface area contributed by atoms with E-state index in [1.807, 2.05) is 25.1 Å². The van der Waals surface area contributed by atoms with Gasteiger partial charge in [0.1, 0.15) is 5.82 Å². The van der Waals surface area contributed by atoms with Crippen molar-refractivity contribution in [2.24, 2.45) is 0 Å². The molecule has 0 radical (unpaired) electrons. The number of hydrogen-bond acceptors (Lipinski definition) is 4.